The number of hydrogen-bond acceptors (Lipinski definition) is 3. The molecule has 0 heterocycles. The summed E-state index contributed by atoms with van der Waals surface area (Å²) in [4.78, 5) is 0. The molecule has 2 rings (SSSR count). The maximum atomic E-state index is 10.9. The highest BCUT2D eigenvalue weighted by Crippen LogP contribution is 2.23. The maximum Gasteiger partial charge on any atom is 0.296 e. The summed E-state index contributed by atoms with van der Waals surface area (Å²) in [5.74, 6) is 0. The van der Waals surface area contributed by atoms with E-state index in [4.69, 9.17) is 5.14 Å². The minimum Gasteiger partial charge on any atom is -0.382 e. The van der Waals surface area contributed by atoms with Gasteiger partial charge in [-0.3, -0.25) is 4.72 Å². The van der Waals surface area contributed by atoms with Gasteiger partial charge in [-0.2, -0.15) is 8.42 Å². The van der Waals surface area contributed by atoms with E-state index >= 15 is 0 Å². The zero-order valence-corrected chi connectivity index (χ0v) is 10.3. The van der Waals surface area contributed by atoms with Crippen molar-refractivity contribution in [3.63, 3.8) is 0 Å². The van der Waals surface area contributed by atoms with Gasteiger partial charge in [-0.15, -0.1) is 0 Å². The molecule has 1 aromatic carbocycles. The molecule has 0 unspecified atom stereocenters. The summed E-state index contributed by atoms with van der Waals surface area (Å²) >= 11 is 0. The van der Waals surface area contributed by atoms with E-state index in [1.807, 2.05) is 6.07 Å². The predicted molar refractivity (Wildman–Crippen MR) is 69.1 cm³/mol. The highest BCUT2D eigenvalue weighted by atomic mass is 32.2. The van der Waals surface area contributed by atoms with E-state index in [1.165, 1.54) is 25.7 Å². The fourth-order valence-electron chi connectivity index (χ4n) is 2.14. The van der Waals surface area contributed by atoms with Crippen molar-refractivity contribution in [2.24, 2.45) is 5.14 Å². The largest absolute Gasteiger partial charge is 0.382 e. The molecule has 1 aliphatic carbocycles. The molecule has 1 aromatic rings. The first-order valence-electron chi connectivity index (χ1n) is 5.70. The van der Waals surface area contributed by atoms with Gasteiger partial charge in [0.1, 0.15) is 0 Å². The highest BCUT2D eigenvalue weighted by molar-refractivity contribution is 7.90. The topological polar surface area (TPSA) is 84.2 Å². The van der Waals surface area contributed by atoms with Gasteiger partial charge in [-0.25, -0.2) is 5.14 Å². The van der Waals surface area contributed by atoms with Crippen molar-refractivity contribution in [3.8, 4) is 0 Å². The Morgan fingerprint density at radius 1 is 1.18 bits per heavy atom. The summed E-state index contributed by atoms with van der Waals surface area (Å²) in [6.45, 7) is 0. The fourth-order valence-corrected chi connectivity index (χ4v) is 2.60. The average Bonchev–Trinajstić information content (AvgIpc) is 2.68. The smallest absolute Gasteiger partial charge is 0.296 e. The lowest BCUT2D eigenvalue weighted by molar-refractivity contribution is 0.603. The number of hydrogen-bond donors (Lipinski definition) is 3. The van der Waals surface area contributed by atoms with E-state index in [9.17, 15) is 8.42 Å². The van der Waals surface area contributed by atoms with Crippen LogP contribution in [0.1, 0.15) is 25.7 Å². The van der Waals surface area contributed by atoms with E-state index in [1.54, 1.807) is 18.2 Å². The van der Waals surface area contributed by atoms with E-state index in [0.29, 0.717) is 11.7 Å². The summed E-state index contributed by atoms with van der Waals surface area (Å²) in [5.41, 5.74) is 1.40. The lowest BCUT2D eigenvalue weighted by atomic mass is 10.2. The zero-order chi connectivity index (χ0) is 12.3. The number of nitrogens with one attached hydrogen (secondary N) is 2. The summed E-state index contributed by atoms with van der Waals surface area (Å²) in [6, 6.07) is 7.64. The van der Waals surface area contributed by atoms with Crippen LogP contribution >= 0.6 is 0 Å². The van der Waals surface area contributed by atoms with Crippen LogP contribution in [0.25, 0.3) is 0 Å². The Bertz CT molecular complexity index is 481. The quantitative estimate of drug-likeness (QED) is 0.765. The molecule has 6 heteroatoms. The van der Waals surface area contributed by atoms with Crippen molar-refractivity contribution in [2.75, 3.05) is 10.0 Å². The van der Waals surface area contributed by atoms with Crippen LogP contribution in [0.3, 0.4) is 0 Å². The second-order valence-corrected chi connectivity index (χ2v) is 5.65. The zero-order valence-electron chi connectivity index (χ0n) is 9.52. The van der Waals surface area contributed by atoms with Crippen LogP contribution in [0.5, 0.6) is 0 Å². The van der Waals surface area contributed by atoms with Gasteiger partial charge in [0.2, 0.25) is 0 Å². The summed E-state index contributed by atoms with van der Waals surface area (Å²) in [5, 5.41) is 8.31. The van der Waals surface area contributed by atoms with Crippen molar-refractivity contribution in [1.82, 2.24) is 0 Å². The predicted octanol–water partition coefficient (Wildman–Crippen LogP) is 1.66. The fraction of sp³-hybridized carbons (Fsp3) is 0.455. The van der Waals surface area contributed by atoms with E-state index in [2.05, 4.69) is 10.0 Å². The molecule has 4 N–H and O–H groups in total. The van der Waals surface area contributed by atoms with Gasteiger partial charge < -0.3 is 5.32 Å². The second kappa shape index (κ2) is 4.93. The van der Waals surface area contributed by atoms with Gasteiger partial charge >= 0.3 is 0 Å². The molecule has 5 nitrogen and oxygen atoms in total. The minimum atomic E-state index is -3.70. The van der Waals surface area contributed by atoms with Gasteiger partial charge in [0.15, 0.2) is 0 Å². The number of benzene rings is 1. The highest BCUT2D eigenvalue weighted by Gasteiger charge is 2.14. The van der Waals surface area contributed by atoms with Crippen LogP contribution in [0.2, 0.25) is 0 Å². The van der Waals surface area contributed by atoms with E-state index < -0.39 is 10.2 Å². The van der Waals surface area contributed by atoms with Gasteiger partial charge in [0.05, 0.1) is 5.69 Å². The second-order valence-electron chi connectivity index (χ2n) is 4.35. The Labute approximate surface area is 102 Å². The van der Waals surface area contributed by atoms with E-state index in [-0.39, 0.29) is 0 Å². The van der Waals surface area contributed by atoms with Crippen molar-refractivity contribution in [3.05, 3.63) is 24.3 Å². The first-order valence-corrected chi connectivity index (χ1v) is 7.25. The molecule has 0 radical (unpaired) electrons. The number of anilines is 2. The summed E-state index contributed by atoms with van der Waals surface area (Å²) in [7, 11) is -3.70. The molecule has 0 amide bonds. The minimum absolute atomic E-state index is 0.482. The molecule has 1 aliphatic rings. The molecular formula is C11H17N3O2S. The lowest BCUT2D eigenvalue weighted by Crippen LogP contribution is -2.22. The third-order valence-electron chi connectivity index (χ3n) is 2.85. The van der Waals surface area contributed by atoms with Crippen molar-refractivity contribution in [1.29, 1.82) is 0 Å². The summed E-state index contributed by atoms with van der Waals surface area (Å²) < 4.78 is 24.1. The number of nitrogens with two attached hydrogens (primary N) is 1. The SMILES string of the molecule is NS(=O)(=O)Nc1cccc(NC2CCCC2)c1. The van der Waals surface area contributed by atoms with Gasteiger partial charge in [-0.05, 0) is 31.0 Å². The first-order chi connectivity index (χ1) is 8.03. The molecule has 94 valence electrons. The Hall–Kier alpha value is -1.27. The maximum absolute atomic E-state index is 10.9. The summed E-state index contributed by atoms with van der Waals surface area (Å²) in [6.07, 6.45) is 4.86. The first kappa shape index (κ1) is 12.2. The molecule has 0 aliphatic heterocycles. The molecule has 0 spiro atoms. The molecule has 0 aromatic heterocycles. The van der Waals surface area contributed by atoms with Crippen LogP contribution < -0.4 is 15.2 Å². The van der Waals surface area contributed by atoms with Gasteiger partial charge in [0, 0.05) is 11.7 Å². The molecule has 0 bridgehead atoms. The Kier molecular flexibility index (Phi) is 3.54. The monoisotopic (exact) mass is 255 g/mol. The molecule has 17 heavy (non-hydrogen) atoms. The van der Waals surface area contributed by atoms with Crippen LogP contribution in [0.15, 0.2) is 24.3 Å². The van der Waals surface area contributed by atoms with E-state index in [0.717, 1.165) is 5.69 Å². The van der Waals surface area contributed by atoms with Crippen LogP contribution in [0.4, 0.5) is 11.4 Å². The Balaban J connectivity index is 2.05. The normalized spacial score (nSPS) is 17.0. The average molecular weight is 255 g/mol. The molecule has 1 saturated carbocycles. The Morgan fingerprint density at radius 2 is 1.82 bits per heavy atom. The van der Waals surface area contributed by atoms with Crippen molar-refractivity contribution < 1.29 is 8.42 Å². The molecule has 0 atom stereocenters. The third-order valence-corrected chi connectivity index (χ3v) is 3.37. The number of rotatable bonds is 4. The van der Waals surface area contributed by atoms with Crippen molar-refractivity contribution >= 4 is 21.6 Å². The molecular weight excluding hydrogens is 238 g/mol. The van der Waals surface area contributed by atoms with Crippen LogP contribution in [0, 0.1) is 0 Å². The van der Waals surface area contributed by atoms with Crippen molar-refractivity contribution in [2.45, 2.75) is 31.7 Å². The standard InChI is InChI=1S/C11H17N3O2S/c12-17(15,16)14-11-7-3-6-10(8-11)13-9-4-1-2-5-9/h3,6-9,13-14H,1-2,4-5H2,(H2,12,15,16). The van der Waals surface area contributed by atoms with Gasteiger partial charge in [0.25, 0.3) is 10.2 Å². The third kappa shape index (κ3) is 3.90. The molecule has 1 fully saturated rings. The van der Waals surface area contributed by atoms with Crippen LogP contribution in [-0.4, -0.2) is 14.5 Å². The van der Waals surface area contributed by atoms with Gasteiger partial charge in [-0.1, -0.05) is 18.9 Å². The molecule has 0 saturated heterocycles. The van der Waals surface area contributed by atoms with Crippen LogP contribution in [-0.2, 0) is 10.2 Å². The lowest BCUT2D eigenvalue weighted by Gasteiger charge is -2.14. The Morgan fingerprint density at radius 3 is 2.47 bits per heavy atom.